The van der Waals surface area contributed by atoms with Crippen LogP contribution in [0.3, 0.4) is 0 Å². The van der Waals surface area contributed by atoms with Crippen molar-refractivity contribution in [2.45, 2.75) is 6.10 Å². The van der Waals surface area contributed by atoms with E-state index in [1.807, 2.05) is 0 Å². The smallest absolute Gasteiger partial charge is 0.132 e. The van der Waals surface area contributed by atoms with E-state index in [1.54, 1.807) is 0 Å². The SMILES string of the molecule is OC(c1ccc(Cl)cn1)c1c(F)cccc1F. The molecule has 0 aliphatic heterocycles. The third kappa shape index (κ3) is 2.43. The Hall–Kier alpha value is -1.52. The van der Waals surface area contributed by atoms with Crippen molar-refractivity contribution in [1.82, 2.24) is 4.98 Å². The number of aromatic nitrogens is 1. The zero-order valence-electron chi connectivity index (χ0n) is 8.57. The van der Waals surface area contributed by atoms with Gasteiger partial charge in [0.05, 0.1) is 16.3 Å². The van der Waals surface area contributed by atoms with Crippen LogP contribution in [-0.2, 0) is 0 Å². The summed E-state index contributed by atoms with van der Waals surface area (Å²) in [5.74, 6) is -1.62. The largest absolute Gasteiger partial charge is 0.382 e. The van der Waals surface area contributed by atoms with Crippen molar-refractivity contribution in [2.24, 2.45) is 0 Å². The molecule has 1 atom stereocenters. The van der Waals surface area contributed by atoms with Crippen LogP contribution in [-0.4, -0.2) is 10.1 Å². The molecule has 0 aliphatic carbocycles. The molecule has 0 spiro atoms. The maximum Gasteiger partial charge on any atom is 0.132 e. The van der Waals surface area contributed by atoms with Crippen molar-refractivity contribution in [1.29, 1.82) is 0 Å². The summed E-state index contributed by atoms with van der Waals surface area (Å²) in [5, 5.41) is 10.2. The van der Waals surface area contributed by atoms with Crippen LogP contribution >= 0.6 is 11.6 Å². The Bertz CT molecular complexity index is 510. The van der Waals surface area contributed by atoms with Crippen molar-refractivity contribution >= 4 is 11.6 Å². The van der Waals surface area contributed by atoms with Crippen LogP contribution < -0.4 is 0 Å². The normalized spacial score (nSPS) is 12.5. The molecule has 17 heavy (non-hydrogen) atoms. The lowest BCUT2D eigenvalue weighted by atomic mass is 10.0. The topological polar surface area (TPSA) is 33.1 Å². The number of pyridine rings is 1. The van der Waals surface area contributed by atoms with Gasteiger partial charge >= 0.3 is 0 Å². The van der Waals surface area contributed by atoms with Crippen LogP contribution in [0.25, 0.3) is 0 Å². The number of hydrogen-bond donors (Lipinski definition) is 1. The van der Waals surface area contributed by atoms with E-state index in [-0.39, 0.29) is 5.69 Å². The summed E-state index contributed by atoms with van der Waals surface area (Å²) in [6.07, 6.45) is -0.146. The Morgan fingerprint density at radius 1 is 1.12 bits per heavy atom. The van der Waals surface area contributed by atoms with Crippen LogP contribution in [0.4, 0.5) is 8.78 Å². The second kappa shape index (κ2) is 4.77. The Labute approximate surface area is 102 Å². The first-order chi connectivity index (χ1) is 8.09. The zero-order chi connectivity index (χ0) is 12.4. The second-order valence-corrected chi connectivity index (χ2v) is 3.88. The van der Waals surface area contributed by atoms with E-state index < -0.39 is 23.3 Å². The maximum absolute atomic E-state index is 13.4. The molecule has 0 amide bonds. The van der Waals surface area contributed by atoms with Crippen molar-refractivity contribution in [3.05, 3.63) is 64.4 Å². The highest BCUT2D eigenvalue weighted by Gasteiger charge is 2.20. The van der Waals surface area contributed by atoms with E-state index in [1.165, 1.54) is 24.4 Å². The summed E-state index contributed by atoms with van der Waals surface area (Å²) in [7, 11) is 0. The highest BCUT2D eigenvalue weighted by molar-refractivity contribution is 6.30. The lowest BCUT2D eigenvalue weighted by Gasteiger charge is -2.12. The number of nitrogens with zero attached hydrogens (tertiary/aromatic N) is 1. The zero-order valence-corrected chi connectivity index (χ0v) is 9.33. The van der Waals surface area contributed by atoms with E-state index in [2.05, 4.69) is 4.98 Å². The number of aliphatic hydroxyl groups excluding tert-OH is 1. The van der Waals surface area contributed by atoms with E-state index in [9.17, 15) is 13.9 Å². The van der Waals surface area contributed by atoms with E-state index in [0.29, 0.717) is 5.02 Å². The number of halogens is 3. The predicted molar refractivity (Wildman–Crippen MR) is 59.7 cm³/mol. The van der Waals surface area contributed by atoms with Gasteiger partial charge in [-0.2, -0.15) is 0 Å². The van der Waals surface area contributed by atoms with Gasteiger partial charge in [0, 0.05) is 6.20 Å². The van der Waals surface area contributed by atoms with Gasteiger partial charge in [-0.25, -0.2) is 8.78 Å². The molecular formula is C12H8ClF2NO. The molecule has 1 N–H and O–H groups in total. The molecule has 1 aromatic heterocycles. The minimum Gasteiger partial charge on any atom is -0.382 e. The number of aliphatic hydroxyl groups is 1. The highest BCUT2D eigenvalue weighted by atomic mass is 35.5. The standard InChI is InChI=1S/C12H8ClF2NO/c13-7-4-5-10(16-6-7)12(17)11-8(14)2-1-3-9(11)15/h1-6,12,17H. The fourth-order valence-electron chi connectivity index (χ4n) is 1.47. The molecule has 0 fully saturated rings. The first-order valence-corrected chi connectivity index (χ1v) is 5.21. The van der Waals surface area contributed by atoms with Gasteiger partial charge < -0.3 is 5.11 Å². The Kier molecular flexibility index (Phi) is 3.36. The minimum absolute atomic E-state index is 0.137. The maximum atomic E-state index is 13.4. The highest BCUT2D eigenvalue weighted by Crippen LogP contribution is 2.25. The summed E-state index contributed by atoms with van der Waals surface area (Å²) in [6, 6.07) is 6.30. The van der Waals surface area contributed by atoms with Gasteiger partial charge in [0.15, 0.2) is 0 Å². The van der Waals surface area contributed by atoms with Gasteiger partial charge in [-0.05, 0) is 24.3 Å². The molecule has 0 radical (unpaired) electrons. The average molecular weight is 256 g/mol. The Balaban J connectivity index is 2.43. The second-order valence-electron chi connectivity index (χ2n) is 3.44. The predicted octanol–water partition coefficient (Wildman–Crippen LogP) is 3.09. The first-order valence-electron chi connectivity index (χ1n) is 4.83. The quantitative estimate of drug-likeness (QED) is 0.895. The van der Waals surface area contributed by atoms with Gasteiger partial charge in [-0.15, -0.1) is 0 Å². The molecule has 5 heteroatoms. The molecule has 1 heterocycles. The third-order valence-corrected chi connectivity index (χ3v) is 2.53. The van der Waals surface area contributed by atoms with Gasteiger partial charge in [-0.1, -0.05) is 17.7 Å². The third-order valence-electron chi connectivity index (χ3n) is 2.30. The summed E-state index contributed by atoms with van der Waals surface area (Å²) in [5.41, 5.74) is -0.277. The first kappa shape index (κ1) is 12.0. The van der Waals surface area contributed by atoms with Crippen molar-refractivity contribution in [3.63, 3.8) is 0 Å². The number of benzene rings is 1. The van der Waals surface area contributed by atoms with E-state index in [4.69, 9.17) is 11.6 Å². The molecule has 0 bridgehead atoms. The summed E-state index contributed by atoms with van der Waals surface area (Å²) >= 11 is 5.63. The summed E-state index contributed by atoms with van der Waals surface area (Å²) < 4.78 is 26.8. The van der Waals surface area contributed by atoms with E-state index >= 15 is 0 Å². The van der Waals surface area contributed by atoms with Crippen LogP contribution in [0.2, 0.25) is 5.02 Å². The van der Waals surface area contributed by atoms with E-state index in [0.717, 1.165) is 12.1 Å². The Morgan fingerprint density at radius 2 is 1.76 bits per heavy atom. The van der Waals surface area contributed by atoms with Crippen LogP contribution in [0.15, 0.2) is 36.5 Å². The van der Waals surface area contributed by atoms with Crippen molar-refractivity contribution < 1.29 is 13.9 Å². The van der Waals surface area contributed by atoms with Gasteiger partial charge in [0.2, 0.25) is 0 Å². The van der Waals surface area contributed by atoms with Crippen molar-refractivity contribution in [3.8, 4) is 0 Å². The summed E-state index contributed by atoms with van der Waals surface area (Å²) in [4.78, 5) is 3.82. The lowest BCUT2D eigenvalue weighted by molar-refractivity contribution is 0.204. The fraction of sp³-hybridized carbons (Fsp3) is 0.0833. The van der Waals surface area contributed by atoms with Crippen LogP contribution in [0, 0.1) is 11.6 Å². The molecule has 88 valence electrons. The molecular weight excluding hydrogens is 248 g/mol. The molecule has 0 aliphatic rings. The monoisotopic (exact) mass is 255 g/mol. The molecule has 0 saturated heterocycles. The van der Waals surface area contributed by atoms with Gasteiger partial charge in [-0.3, -0.25) is 4.98 Å². The summed E-state index contributed by atoms with van der Waals surface area (Å²) in [6.45, 7) is 0. The molecule has 2 nitrogen and oxygen atoms in total. The van der Waals surface area contributed by atoms with Crippen LogP contribution in [0.5, 0.6) is 0 Å². The molecule has 1 unspecified atom stereocenters. The minimum atomic E-state index is -1.45. The number of rotatable bonds is 2. The molecule has 0 saturated carbocycles. The lowest BCUT2D eigenvalue weighted by Crippen LogP contribution is -2.07. The van der Waals surface area contributed by atoms with Gasteiger partial charge in [0.25, 0.3) is 0 Å². The van der Waals surface area contributed by atoms with Crippen molar-refractivity contribution in [2.75, 3.05) is 0 Å². The fourth-order valence-corrected chi connectivity index (χ4v) is 1.58. The molecule has 2 aromatic rings. The Morgan fingerprint density at radius 3 is 2.29 bits per heavy atom. The number of hydrogen-bond acceptors (Lipinski definition) is 2. The molecule has 2 rings (SSSR count). The molecule has 1 aromatic carbocycles. The average Bonchev–Trinajstić information content (AvgIpc) is 2.29. The van der Waals surface area contributed by atoms with Crippen LogP contribution in [0.1, 0.15) is 17.4 Å². The van der Waals surface area contributed by atoms with Gasteiger partial charge in [0.1, 0.15) is 17.7 Å².